The molecule has 1 aliphatic rings. The third-order valence-electron chi connectivity index (χ3n) is 4.13. The van der Waals surface area contributed by atoms with Crippen LogP contribution in [0.4, 0.5) is 0 Å². The molecule has 23 heavy (non-hydrogen) atoms. The quantitative estimate of drug-likeness (QED) is 0.932. The van der Waals surface area contributed by atoms with Crippen molar-refractivity contribution < 1.29 is 19.4 Å². The second-order valence-corrected chi connectivity index (χ2v) is 6.21. The largest absolute Gasteiger partial charge is 0.493 e. The van der Waals surface area contributed by atoms with Crippen molar-refractivity contribution >= 4 is 5.97 Å². The monoisotopic (exact) mass is 312 g/mol. The first kappa shape index (κ1) is 15.4. The first-order valence-electron chi connectivity index (χ1n) is 7.71. The van der Waals surface area contributed by atoms with Gasteiger partial charge in [-0.15, -0.1) is 0 Å². The SMILES string of the molecule is CC(C)(Oc1ccc(C2CCOc3ccccc32)cc1)C(=O)O. The molecule has 1 unspecified atom stereocenters. The van der Waals surface area contributed by atoms with E-state index in [0.29, 0.717) is 18.3 Å². The zero-order chi connectivity index (χ0) is 16.4. The predicted octanol–water partition coefficient (Wildman–Crippen LogP) is 3.84. The van der Waals surface area contributed by atoms with Gasteiger partial charge in [0.05, 0.1) is 6.61 Å². The molecule has 0 aliphatic carbocycles. The molecular formula is C19H20O4. The first-order valence-corrected chi connectivity index (χ1v) is 7.71. The number of hydrogen-bond acceptors (Lipinski definition) is 3. The Kier molecular flexibility index (Phi) is 3.99. The van der Waals surface area contributed by atoms with Gasteiger partial charge in [0.15, 0.2) is 5.60 Å². The van der Waals surface area contributed by atoms with Crippen molar-refractivity contribution in [2.24, 2.45) is 0 Å². The van der Waals surface area contributed by atoms with E-state index in [-0.39, 0.29) is 0 Å². The zero-order valence-corrected chi connectivity index (χ0v) is 13.3. The van der Waals surface area contributed by atoms with Crippen molar-refractivity contribution in [2.45, 2.75) is 31.8 Å². The van der Waals surface area contributed by atoms with E-state index in [4.69, 9.17) is 14.6 Å². The Balaban J connectivity index is 1.82. The van der Waals surface area contributed by atoms with Gasteiger partial charge in [0.1, 0.15) is 11.5 Å². The van der Waals surface area contributed by atoms with Gasteiger partial charge < -0.3 is 14.6 Å². The van der Waals surface area contributed by atoms with E-state index < -0.39 is 11.6 Å². The fourth-order valence-corrected chi connectivity index (χ4v) is 2.79. The molecule has 120 valence electrons. The number of carboxylic acids is 1. The van der Waals surface area contributed by atoms with Gasteiger partial charge in [-0.1, -0.05) is 30.3 Å². The number of carbonyl (C=O) groups is 1. The average Bonchev–Trinajstić information content (AvgIpc) is 2.55. The standard InChI is InChI=1S/C19H20O4/c1-19(2,18(20)21)23-14-9-7-13(8-10-14)15-11-12-22-17-6-4-3-5-16(15)17/h3-10,15H,11-12H2,1-2H3,(H,20,21). The van der Waals surface area contributed by atoms with Crippen LogP contribution < -0.4 is 9.47 Å². The second-order valence-electron chi connectivity index (χ2n) is 6.21. The highest BCUT2D eigenvalue weighted by molar-refractivity contribution is 5.76. The lowest BCUT2D eigenvalue weighted by molar-refractivity contribution is -0.152. The number of rotatable bonds is 4. The topological polar surface area (TPSA) is 55.8 Å². The molecule has 4 heteroatoms. The number of para-hydroxylation sites is 1. The molecule has 0 spiro atoms. The van der Waals surface area contributed by atoms with Crippen molar-refractivity contribution in [1.29, 1.82) is 0 Å². The molecule has 0 bridgehead atoms. The molecule has 2 aromatic rings. The summed E-state index contributed by atoms with van der Waals surface area (Å²) in [6.45, 7) is 3.78. The predicted molar refractivity (Wildman–Crippen MR) is 87.2 cm³/mol. The minimum Gasteiger partial charge on any atom is -0.493 e. The van der Waals surface area contributed by atoms with Crippen LogP contribution in [0.15, 0.2) is 48.5 Å². The maximum atomic E-state index is 11.1. The molecule has 0 fully saturated rings. The van der Waals surface area contributed by atoms with E-state index in [1.165, 1.54) is 25.0 Å². The van der Waals surface area contributed by atoms with Gasteiger partial charge in [0.25, 0.3) is 0 Å². The van der Waals surface area contributed by atoms with Crippen LogP contribution in [0.5, 0.6) is 11.5 Å². The van der Waals surface area contributed by atoms with Crippen LogP contribution in [0.25, 0.3) is 0 Å². The van der Waals surface area contributed by atoms with Crippen LogP contribution >= 0.6 is 0 Å². The van der Waals surface area contributed by atoms with Gasteiger partial charge in [-0.3, -0.25) is 0 Å². The Bertz CT molecular complexity index is 704. The number of ether oxygens (including phenoxy) is 2. The second kappa shape index (κ2) is 5.95. The van der Waals surface area contributed by atoms with Gasteiger partial charge in [-0.25, -0.2) is 4.79 Å². The van der Waals surface area contributed by atoms with Crippen molar-refractivity contribution in [1.82, 2.24) is 0 Å². The Morgan fingerprint density at radius 3 is 2.57 bits per heavy atom. The Labute approximate surface area is 135 Å². The summed E-state index contributed by atoms with van der Waals surface area (Å²) < 4.78 is 11.3. The van der Waals surface area contributed by atoms with Crippen LogP contribution in [-0.4, -0.2) is 23.3 Å². The highest BCUT2D eigenvalue weighted by atomic mass is 16.5. The van der Waals surface area contributed by atoms with Gasteiger partial charge in [0, 0.05) is 11.5 Å². The molecule has 0 saturated carbocycles. The maximum Gasteiger partial charge on any atom is 0.347 e. The highest BCUT2D eigenvalue weighted by Gasteiger charge is 2.29. The van der Waals surface area contributed by atoms with Crippen LogP contribution in [0.1, 0.15) is 37.3 Å². The molecule has 1 atom stereocenters. The molecule has 4 nitrogen and oxygen atoms in total. The number of benzene rings is 2. The zero-order valence-electron chi connectivity index (χ0n) is 13.3. The molecule has 0 aromatic heterocycles. The van der Waals surface area contributed by atoms with Gasteiger partial charge in [-0.2, -0.15) is 0 Å². The number of aliphatic carboxylic acids is 1. The minimum absolute atomic E-state index is 0.293. The van der Waals surface area contributed by atoms with Crippen LogP contribution in [0, 0.1) is 0 Å². The fourth-order valence-electron chi connectivity index (χ4n) is 2.79. The number of hydrogen-bond donors (Lipinski definition) is 1. The smallest absolute Gasteiger partial charge is 0.347 e. The third kappa shape index (κ3) is 3.16. The van der Waals surface area contributed by atoms with E-state index in [9.17, 15) is 4.79 Å². The summed E-state index contributed by atoms with van der Waals surface area (Å²) in [6, 6.07) is 15.8. The third-order valence-corrected chi connectivity index (χ3v) is 4.13. The van der Waals surface area contributed by atoms with Gasteiger partial charge in [0.2, 0.25) is 0 Å². The molecule has 0 radical (unpaired) electrons. The van der Waals surface area contributed by atoms with Crippen LogP contribution in [0.2, 0.25) is 0 Å². The Morgan fingerprint density at radius 1 is 1.17 bits per heavy atom. The van der Waals surface area contributed by atoms with Crippen molar-refractivity contribution in [3.05, 3.63) is 59.7 Å². The highest BCUT2D eigenvalue weighted by Crippen LogP contribution is 2.38. The molecule has 0 amide bonds. The normalized spacial score (nSPS) is 17.0. The van der Waals surface area contributed by atoms with Crippen molar-refractivity contribution in [2.75, 3.05) is 6.61 Å². The minimum atomic E-state index is -1.24. The van der Waals surface area contributed by atoms with E-state index in [1.807, 2.05) is 42.5 Å². The molecular weight excluding hydrogens is 292 g/mol. The molecule has 0 saturated heterocycles. The molecule has 3 rings (SSSR count). The maximum absolute atomic E-state index is 11.1. The van der Waals surface area contributed by atoms with Crippen LogP contribution in [-0.2, 0) is 4.79 Å². The lowest BCUT2D eigenvalue weighted by Crippen LogP contribution is -2.37. The average molecular weight is 312 g/mol. The summed E-state index contributed by atoms with van der Waals surface area (Å²) in [6.07, 6.45) is 0.928. The summed E-state index contributed by atoms with van der Waals surface area (Å²) in [7, 11) is 0. The number of carboxylic acid groups (broad SMARTS) is 1. The molecule has 2 aromatic carbocycles. The lowest BCUT2D eigenvalue weighted by Gasteiger charge is -2.26. The van der Waals surface area contributed by atoms with E-state index in [1.54, 1.807) is 0 Å². The van der Waals surface area contributed by atoms with E-state index in [0.717, 1.165) is 12.2 Å². The van der Waals surface area contributed by atoms with E-state index in [2.05, 4.69) is 6.07 Å². The fraction of sp³-hybridized carbons (Fsp3) is 0.316. The summed E-state index contributed by atoms with van der Waals surface area (Å²) >= 11 is 0. The lowest BCUT2D eigenvalue weighted by atomic mass is 9.87. The Hall–Kier alpha value is -2.49. The van der Waals surface area contributed by atoms with Crippen molar-refractivity contribution in [3.63, 3.8) is 0 Å². The van der Waals surface area contributed by atoms with E-state index >= 15 is 0 Å². The summed E-state index contributed by atoms with van der Waals surface area (Å²) in [5, 5.41) is 9.13. The van der Waals surface area contributed by atoms with Crippen molar-refractivity contribution in [3.8, 4) is 11.5 Å². The Morgan fingerprint density at radius 2 is 1.87 bits per heavy atom. The summed E-state index contributed by atoms with van der Waals surface area (Å²) in [4.78, 5) is 11.1. The van der Waals surface area contributed by atoms with Gasteiger partial charge in [-0.05, 0) is 44.0 Å². The number of fused-ring (bicyclic) bond motifs is 1. The first-order chi connectivity index (χ1) is 11.0. The molecule has 1 N–H and O–H groups in total. The molecule has 1 heterocycles. The molecule has 1 aliphatic heterocycles. The summed E-state index contributed by atoms with van der Waals surface area (Å²) in [5.74, 6) is 0.805. The van der Waals surface area contributed by atoms with Gasteiger partial charge >= 0.3 is 5.97 Å². The van der Waals surface area contributed by atoms with Crippen LogP contribution in [0.3, 0.4) is 0 Å². The summed E-state index contributed by atoms with van der Waals surface area (Å²) in [5.41, 5.74) is 1.13.